The van der Waals surface area contributed by atoms with Crippen LogP contribution in [0.2, 0.25) is 0 Å². The fourth-order valence-corrected chi connectivity index (χ4v) is 2.08. The molecule has 0 aliphatic rings. The number of nitrogens with one attached hydrogen (secondary N) is 2. The van der Waals surface area contributed by atoms with E-state index in [0.29, 0.717) is 12.4 Å². The van der Waals surface area contributed by atoms with Crippen molar-refractivity contribution >= 4 is 5.82 Å². The molecular weight excluding hydrogens is 254 g/mol. The maximum atomic E-state index is 11.8. The molecule has 2 N–H and O–H groups in total. The SMILES string of the molecule is CC(C)n1c(=O)cc(NCCc2ccccc2)[nH]c1=O. The second-order valence-electron chi connectivity index (χ2n) is 4.95. The number of aromatic nitrogens is 2. The summed E-state index contributed by atoms with van der Waals surface area (Å²) in [5.41, 5.74) is 0.540. The molecule has 1 heterocycles. The lowest BCUT2D eigenvalue weighted by atomic mass is 10.1. The molecule has 5 nitrogen and oxygen atoms in total. The van der Waals surface area contributed by atoms with E-state index in [-0.39, 0.29) is 17.3 Å². The van der Waals surface area contributed by atoms with Gasteiger partial charge in [-0.3, -0.25) is 14.3 Å². The quantitative estimate of drug-likeness (QED) is 0.872. The smallest absolute Gasteiger partial charge is 0.330 e. The Hall–Kier alpha value is -2.30. The molecular formula is C15H19N3O2. The molecule has 0 radical (unpaired) electrons. The van der Waals surface area contributed by atoms with Crippen LogP contribution < -0.4 is 16.6 Å². The van der Waals surface area contributed by atoms with Crippen molar-refractivity contribution in [3.63, 3.8) is 0 Å². The Morgan fingerprint density at radius 3 is 2.50 bits per heavy atom. The molecule has 0 atom stereocenters. The zero-order valence-electron chi connectivity index (χ0n) is 11.7. The fraction of sp³-hybridized carbons (Fsp3) is 0.333. The van der Waals surface area contributed by atoms with E-state index in [0.717, 1.165) is 6.42 Å². The van der Waals surface area contributed by atoms with Gasteiger partial charge in [-0.15, -0.1) is 0 Å². The third kappa shape index (κ3) is 3.38. The zero-order valence-corrected chi connectivity index (χ0v) is 11.7. The number of nitrogens with zero attached hydrogens (tertiary/aromatic N) is 1. The van der Waals surface area contributed by atoms with Crippen molar-refractivity contribution in [2.75, 3.05) is 11.9 Å². The summed E-state index contributed by atoms with van der Waals surface area (Å²) in [5, 5.41) is 3.07. The van der Waals surface area contributed by atoms with E-state index in [9.17, 15) is 9.59 Å². The van der Waals surface area contributed by atoms with Crippen LogP contribution in [0.5, 0.6) is 0 Å². The molecule has 1 aromatic carbocycles. The summed E-state index contributed by atoms with van der Waals surface area (Å²) in [7, 11) is 0. The predicted molar refractivity (Wildman–Crippen MR) is 80.3 cm³/mol. The third-order valence-corrected chi connectivity index (χ3v) is 3.05. The predicted octanol–water partition coefficient (Wildman–Crippen LogP) is 1.77. The van der Waals surface area contributed by atoms with Crippen LogP contribution in [-0.2, 0) is 6.42 Å². The lowest BCUT2D eigenvalue weighted by Crippen LogP contribution is -2.36. The average molecular weight is 273 g/mol. The molecule has 2 aromatic rings. The van der Waals surface area contributed by atoms with Crippen molar-refractivity contribution in [1.82, 2.24) is 9.55 Å². The van der Waals surface area contributed by atoms with Crippen LogP contribution in [0, 0.1) is 0 Å². The highest BCUT2D eigenvalue weighted by Crippen LogP contribution is 2.02. The van der Waals surface area contributed by atoms with Crippen molar-refractivity contribution in [2.45, 2.75) is 26.3 Å². The van der Waals surface area contributed by atoms with E-state index in [4.69, 9.17) is 0 Å². The van der Waals surface area contributed by atoms with Gasteiger partial charge >= 0.3 is 5.69 Å². The number of rotatable bonds is 5. The minimum absolute atomic E-state index is 0.149. The van der Waals surface area contributed by atoms with Crippen molar-refractivity contribution in [2.24, 2.45) is 0 Å². The van der Waals surface area contributed by atoms with Crippen molar-refractivity contribution in [3.05, 3.63) is 62.8 Å². The van der Waals surface area contributed by atoms with Gasteiger partial charge < -0.3 is 5.32 Å². The number of anilines is 1. The van der Waals surface area contributed by atoms with Gasteiger partial charge in [0.25, 0.3) is 5.56 Å². The minimum atomic E-state index is -0.380. The molecule has 5 heteroatoms. The van der Waals surface area contributed by atoms with Crippen LogP contribution in [0.25, 0.3) is 0 Å². The monoisotopic (exact) mass is 273 g/mol. The van der Waals surface area contributed by atoms with Gasteiger partial charge in [0, 0.05) is 18.7 Å². The molecule has 0 aliphatic heterocycles. The summed E-state index contributed by atoms with van der Waals surface area (Å²) < 4.78 is 1.20. The topological polar surface area (TPSA) is 66.9 Å². The van der Waals surface area contributed by atoms with E-state index in [1.807, 2.05) is 30.3 Å². The summed E-state index contributed by atoms with van der Waals surface area (Å²) in [6.07, 6.45) is 0.829. The standard InChI is InChI=1S/C15H19N3O2/c1-11(2)18-14(19)10-13(17-15(18)20)16-9-8-12-6-4-3-5-7-12/h3-7,10-11,16H,8-9H2,1-2H3,(H,17,20). The van der Waals surface area contributed by atoms with Crippen LogP contribution in [0.15, 0.2) is 46.0 Å². The highest BCUT2D eigenvalue weighted by molar-refractivity contribution is 5.32. The Kier molecular flexibility index (Phi) is 4.40. The number of benzene rings is 1. The first kappa shape index (κ1) is 14.1. The maximum Gasteiger partial charge on any atom is 0.330 e. The van der Waals surface area contributed by atoms with E-state index in [1.54, 1.807) is 13.8 Å². The Morgan fingerprint density at radius 1 is 1.20 bits per heavy atom. The molecule has 0 saturated carbocycles. The van der Waals surface area contributed by atoms with Crippen molar-refractivity contribution in [1.29, 1.82) is 0 Å². The minimum Gasteiger partial charge on any atom is -0.371 e. The van der Waals surface area contributed by atoms with E-state index < -0.39 is 0 Å². The van der Waals surface area contributed by atoms with Gasteiger partial charge in [-0.05, 0) is 25.8 Å². The van der Waals surface area contributed by atoms with Gasteiger partial charge in [-0.25, -0.2) is 4.79 Å². The molecule has 0 unspecified atom stereocenters. The molecule has 2 rings (SSSR count). The van der Waals surface area contributed by atoms with Crippen LogP contribution in [-0.4, -0.2) is 16.1 Å². The highest BCUT2D eigenvalue weighted by atomic mass is 16.2. The Morgan fingerprint density at radius 2 is 1.90 bits per heavy atom. The van der Waals surface area contributed by atoms with E-state index in [2.05, 4.69) is 10.3 Å². The lowest BCUT2D eigenvalue weighted by Gasteiger charge is -2.10. The number of hydrogen-bond acceptors (Lipinski definition) is 3. The molecule has 0 fully saturated rings. The van der Waals surface area contributed by atoms with Gasteiger partial charge in [-0.1, -0.05) is 30.3 Å². The fourth-order valence-electron chi connectivity index (χ4n) is 2.08. The van der Waals surface area contributed by atoms with E-state index in [1.165, 1.54) is 16.2 Å². The maximum absolute atomic E-state index is 11.8. The van der Waals surface area contributed by atoms with Crippen LogP contribution in [0.4, 0.5) is 5.82 Å². The van der Waals surface area contributed by atoms with Crippen LogP contribution in [0.1, 0.15) is 25.5 Å². The molecule has 0 aliphatic carbocycles. The second kappa shape index (κ2) is 6.23. The van der Waals surface area contributed by atoms with Gasteiger partial charge in [-0.2, -0.15) is 0 Å². The second-order valence-corrected chi connectivity index (χ2v) is 4.95. The van der Waals surface area contributed by atoms with Gasteiger partial charge in [0.2, 0.25) is 0 Å². The van der Waals surface area contributed by atoms with Crippen LogP contribution >= 0.6 is 0 Å². The van der Waals surface area contributed by atoms with Gasteiger partial charge in [0.15, 0.2) is 0 Å². The normalized spacial score (nSPS) is 10.8. The Bertz CT molecular complexity index is 640. The first-order valence-corrected chi connectivity index (χ1v) is 6.71. The van der Waals surface area contributed by atoms with Gasteiger partial charge in [0.1, 0.15) is 5.82 Å². The van der Waals surface area contributed by atoms with Crippen LogP contribution in [0.3, 0.4) is 0 Å². The number of hydrogen-bond donors (Lipinski definition) is 2. The molecule has 0 spiro atoms. The molecule has 0 amide bonds. The van der Waals surface area contributed by atoms with Crippen molar-refractivity contribution in [3.8, 4) is 0 Å². The average Bonchev–Trinajstić information content (AvgIpc) is 2.38. The Balaban J connectivity index is 2.04. The first-order valence-electron chi connectivity index (χ1n) is 6.71. The van der Waals surface area contributed by atoms with E-state index >= 15 is 0 Å². The summed E-state index contributed by atoms with van der Waals surface area (Å²) in [6.45, 7) is 4.27. The number of H-pyrrole nitrogens is 1. The number of aromatic amines is 1. The largest absolute Gasteiger partial charge is 0.371 e. The molecule has 20 heavy (non-hydrogen) atoms. The molecule has 0 bridgehead atoms. The Labute approximate surface area is 117 Å². The highest BCUT2D eigenvalue weighted by Gasteiger charge is 2.06. The first-order chi connectivity index (χ1) is 9.58. The zero-order chi connectivity index (χ0) is 14.5. The van der Waals surface area contributed by atoms with Gasteiger partial charge in [0.05, 0.1) is 0 Å². The lowest BCUT2D eigenvalue weighted by molar-refractivity contribution is 0.546. The summed E-state index contributed by atoms with van der Waals surface area (Å²) in [5.74, 6) is 0.466. The summed E-state index contributed by atoms with van der Waals surface area (Å²) in [6, 6.07) is 11.3. The van der Waals surface area contributed by atoms with Crippen molar-refractivity contribution < 1.29 is 0 Å². The molecule has 0 saturated heterocycles. The molecule has 106 valence electrons. The molecule has 1 aromatic heterocycles. The third-order valence-electron chi connectivity index (χ3n) is 3.05. The summed E-state index contributed by atoms with van der Waals surface area (Å²) in [4.78, 5) is 26.3. The summed E-state index contributed by atoms with van der Waals surface area (Å²) >= 11 is 0.